The zero-order valence-electron chi connectivity index (χ0n) is 21.1. The van der Waals surface area contributed by atoms with E-state index in [0.29, 0.717) is 49.9 Å². The third kappa shape index (κ3) is 6.29. The average Bonchev–Trinajstić information content (AvgIpc) is 2.91. The summed E-state index contributed by atoms with van der Waals surface area (Å²) in [6.45, 7) is 3.96. The van der Waals surface area contributed by atoms with Gasteiger partial charge in [-0.1, -0.05) is 65.1 Å². The van der Waals surface area contributed by atoms with Crippen molar-refractivity contribution in [2.45, 2.75) is 27.0 Å². The molecule has 2 amide bonds. The number of hydrogen-bond acceptors (Lipinski definition) is 5. The van der Waals surface area contributed by atoms with Crippen LogP contribution in [0.5, 0.6) is 11.5 Å². The van der Waals surface area contributed by atoms with Gasteiger partial charge in [-0.2, -0.15) is 5.26 Å². The molecule has 4 rings (SSSR count). The number of carbonyl (C=O) groups excluding carboxylic acids is 2. The zero-order valence-corrected chi connectivity index (χ0v) is 23.4. The maximum Gasteiger partial charge on any atom is 0.271 e. The highest BCUT2D eigenvalue weighted by molar-refractivity contribution is 6.35. The second-order valence-electron chi connectivity index (χ2n) is 8.62. The minimum absolute atomic E-state index is 0.0582. The summed E-state index contributed by atoms with van der Waals surface area (Å²) >= 11 is 18.5. The molecule has 0 fully saturated rings. The molecular formula is C30H23Cl3N2O4. The number of imide groups is 1. The lowest BCUT2D eigenvalue weighted by Gasteiger charge is -2.28. The zero-order chi connectivity index (χ0) is 28.1. The van der Waals surface area contributed by atoms with Crippen molar-refractivity contribution >= 4 is 52.7 Å². The minimum atomic E-state index is -0.656. The molecule has 0 saturated heterocycles. The molecule has 0 unspecified atom stereocenters. The lowest BCUT2D eigenvalue weighted by molar-refractivity contribution is -0.141. The van der Waals surface area contributed by atoms with E-state index in [1.54, 1.807) is 73.7 Å². The summed E-state index contributed by atoms with van der Waals surface area (Å²) in [5, 5.41) is 11.1. The molecule has 6 nitrogen and oxygen atoms in total. The largest absolute Gasteiger partial charge is 0.490 e. The Morgan fingerprint density at radius 3 is 2.36 bits per heavy atom. The highest BCUT2D eigenvalue weighted by atomic mass is 35.5. The molecule has 3 aromatic carbocycles. The molecule has 0 radical (unpaired) electrons. The highest BCUT2D eigenvalue weighted by Gasteiger charge is 2.35. The van der Waals surface area contributed by atoms with Gasteiger partial charge >= 0.3 is 0 Å². The van der Waals surface area contributed by atoms with Crippen LogP contribution < -0.4 is 9.47 Å². The van der Waals surface area contributed by atoms with Gasteiger partial charge in [-0.3, -0.25) is 14.5 Å². The van der Waals surface area contributed by atoms with Crippen LogP contribution in [-0.2, 0) is 22.7 Å². The van der Waals surface area contributed by atoms with Gasteiger partial charge in [0.05, 0.1) is 13.2 Å². The molecule has 1 aliphatic rings. The number of carbonyl (C=O) groups is 2. The second kappa shape index (κ2) is 12.4. The number of rotatable bonds is 8. The van der Waals surface area contributed by atoms with Gasteiger partial charge in [0, 0.05) is 26.2 Å². The van der Waals surface area contributed by atoms with Gasteiger partial charge in [-0.15, -0.1) is 0 Å². The maximum atomic E-state index is 13.5. The number of nitriles is 1. The highest BCUT2D eigenvalue weighted by Crippen LogP contribution is 2.34. The van der Waals surface area contributed by atoms with E-state index in [9.17, 15) is 14.9 Å². The van der Waals surface area contributed by atoms with Crippen LogP contribution in [0.25, 0.3) is 6.08 Å². The van der Waals surface area contributed by atoms with Crippen LogP contribution in [0.4, 0.5) is 0 Å². The van der Waals surface area contributed by atoms with Crippen LogP contribution in [0.1, 0.15) is 30.5 Å². The summed E-state index contributed by atoms with van der Waals surface area (Å²) in [5.74, 6) is -0.226. The van der Waals surface area contributed by atoms with Crippen LogP contribution in [0.15, 0.2) is 77.4 Å². The molecule has 39 heavy (non-hydrogen) atoms. The van der Waals surface area contributed by atoms with E-state index < -0.39 is 11.8 Å². The fourth-order valence-electron chi connectivity index (χ4n) is 4.03. The number of benzene rings is 3. The Morgan fingerprint density at radius 2 is 1.67 bits per heavy atom. The Kier molecular flexibility index (Phi) is 8.98. The van der Waals surface area contributed by atoms with Crippen molar-refractivity contribution in [3.63, 3.8) is 0 Å². The van der Waals surface area contributed by atoms with Crippen LogP contribution in [-0.4, -0.2) is 23.3 Å². The standard InChI is InChI=1S/C30H23Cl3N2O4/c1-3-38-28-13-19(8-11-27(28)39-17-21-9-10-22(31)14-26(21)33)12-23-18(2)24(15-34)30(37)35(29(23)36)16-20-6-4-5-7-25(20)32/h4-14H,3,16-17H2,1-2H3/b23-12+. The molecule has 0 N–H and O–H groups in total. The van der Waals surface area contributed by atoms with Gasteiger partial charge in [0.2, 0.25) is 0 Å². The summed E-state index contributed by atoms with van der Waals surface area (Å²) in [5.41, 5.74) is 2.41. The first-order valence-electron chi connectivity index (χ1n) is 12.0. The van der Waals surface area contributed by atoms with Crippen molar-refractivity contribution in [1.82, 2.24) is 4.90 Å². The Labute approximate surface area is 241 Å². The molecule has 198 valence electrons. The predicted molar refractivity (Wildman–Crippen MR) is 152 cm³/mol. The number of halogens is 3. The van der Waals surface area contributed by atoms with Crippen LogP contribution >= 0.6 is 34.8 Å². The van der Waals surface area contributed by atoms with Crippen molar-refractivity contribution < 1.29 is 19.1 Å². The Balaban J connectivity index is 1.66. The third-order valence-corrected chi connectivity index (χ3v) is 7.04. The summed E-state index contributed by atoms with van der Waals surface area (Å²) in [6.07, 6.45) is 1.63. The van der Waals surface area contributed by atoms with Gasteiger partial charge in [0.15, 0.2) is 11.5 Å². The monoisotopic (exact) mass is 580 g/mol. The second-order valence-corrected chi connectivity index (χ2v) is 9.87. The SMILES string of the molecule is CCOc1cc(/C=C2/C(=O)N(Cc3ccccc3Cl)C(=O)C(C#N)=C2C)ccc1OCc1ccc(Cl)cc1Cl. The first kappa shape index (κ1) is 28.3. The van der Waals surface area contributed by atoms with E-state index in [1.807, 2.05) is 13.0 Å². The Bertz CT molecular complexity index is 1560. The number of ether oxygens (including phenoxy) is 2. The lowest BCUT2D eigenvalue weighted by Crippen LogP contribution is -2.42. The predicted octanol–water partition coefficient (Wildman–Crippen LogP) is 7.42. The first-order chi connectivity index (χ1) is 18.7. The maximum absolute atomic E-state index is 13.5. The van der Waals surface area contributed by atoms with E-state index in [-0.39, 0.29) is 24.3 Å². The number of hydrogen-bond donors (Lipinski definition) is 0. The summed E-state index contributed by atoms with van der Waals surface area (Å²) in [4.78, 5) is 27.5. The van der Waals surface area contributed by atoms with Crippen LogP contribution in [0.3, 0.4) is 0 Å². The van der Waals surface area contributed by atoms with Gasteiger partial charge in [0.1, 0.15) is 18.2 Å². The van der Waals surface area contributed by atoms with Gasteiger partial charge in [-0.25, -0.2) is 0 Å². The molecule has 1 heterocycles. The Hall–Kier alpha value is -3.76. The molecule has 1 aliphatic heterocycles. The molecule has 0 aromatic heterocycles. The molecule has 3 aromatic rings. The van der Waals surface area contributed by atoms with Crippen molar-refractivity contribution in [2.24, 2.45) is 0 Å². The number of nitrogens with zero attached hydrogens (tertiary/aromatic N) is 2. The van der Waals surface area contributed by atoms with E-state index in [0.717, 1.165) is 10.5 Å². The van der Waals surface area contributed by atoms with Gasteiger partial charge in [-0.05, 0) is 67.0 Å². The van der Waals surface area contributed by atoms with Crippen molar-refractivity contribution in [3.05, 3.63) is 109 Å². The lowest BCUT2D eigenvalue weighted by atomic mass is 9.93. The normalized spacial score (nSPS) is 14.6. The molecule has 0 bridgehead atoms. The van der Waals surface area contributed by atoms with Crippen molar-refractivity contribution in [2.75, 3.05) is 6.61 Å². The van der Waals surface area contributed by atoms with Gasteiger partial charge < -0.3 is 9.47 Å². The van der Waals surface area contributed by atoms with Gasteiger partial charge in [0.25, 0.3) is 11.8 Å². The quantitative estimate of drug-likeness (QED) is 0.204. The van der Waals surface area contributed by atoms with Crippen molar-refractivity contribution in [3.8, 4) is 17.6 Å². The van der Waals surface area contributed by atoms with E-state index in [4.69, 9.17) is 44.3 Å². The smallest absolute Gasteiger partial charge is 0.271 e. The van der Waals surface area contributed by atoms with Crippen LogP contribution in [0.2, 0.25) is 15.1 Å². The van der Waals surface area contributed by atoms with Crippen LogP contribution in [0, 0.1) is 11.3 Å². The molecular weight excluding hydrogens is 559 g/mol. The van der Waals surface area contributed by atoms with E-state index in [1.165, 1.54) is 0 Å². The minimum Gasteiger partial charge on any atom is -0.490 e. The fourth-order valence-corrected chi connectivity index (χ4v) is 4.69. The average molecular weight is 582 g/mol. The summed E-state index contributed by atoms with van der Waals surface area (Å²) in [6, 6.07) is 19.3. The topological polar surface area (TPSA) is 79.6 Å². The van der Waals surface area contributed by atoms with E-state index in [2.05, 4.69) is 0 Å². The molecule has 0 spiro atoms. The van der Waals surface area contributed by atoms with E-state index >= 15 is 0 Å². The Morgan fingerprint density at radius 1 is 0.897 bits per heavy atom. The van der Waals surface area contributed by atoms with Crippen molar-refractivity contribution in [1.29, 1.82) is 5.26 Å². The third-order valence-electron chi connectivity index (χ3n) is 6.09. The number of amides is 2. The molecule has 0 saturated carbocycles. The fraction of sp³-hybridized carbons (Fsp3) is 0.167. The molecule has 0 atom stereocenters. The molecule has 9 heteroatoms. The summed E-state index contributed by atoms with van der Waals surface area (Å²) < 4.78 is 11.8. The first-order valence-corrected chi connectivity index (χ1v) is 13.1. The molecule has 0 aliphatic carbocycles. The summed E-state index contributed by atoms with van der Waals surface area (Å²) in [7, 11) is 0.